The van der Waals surface area contributed by atoms with E-state index in [9.17, 15) is 4.79 Å². The lowest BCUT2D eigenvalue weighted by molar-refractivity contribution is 0.561. The average Bonchev–Trinajstić information content (AvgIpc) is 2.06. The lowest BCUT2D eigenvalue weighted by Gasteiger charge is -1.89. The third-order valence-corrected chi connectivity index (χ3v) is 1.11. The van der Waals surface area contributed by atoms with Crippen LogP contribution in [0.1, 0.15) is 5.69 Å². The molecule has 1 aromatic heterocycles. The zero-order valence-electron chi connectivity index (χ0n) is 5.82. The summed E-state index contributed by atoms with van der Waals surface area (Å²) in [5.41, 5.74) is 5.92. The van der Waals surface area contributed by atoms with Crippen molar-refractivity contribution >= 4 is 12.4 Å². The summed E-state index contributed by atoms with van der Waals surface area (Å²) in [4.78, 5) is 13.9. The van der Waals surface area contributed by atoms with Gasteiger partial charge in [-0.1, -0.05) is 6.07 Å². The summed E-state index contributed by atoms with van der Waals surface area (Å²) in [5.74, 6) is 0. The number of hydrogen-bond acceptors (Lipinski definition) is 3. The van der Waals surface area contributed by atoms with Gasteiger partial charge in [0, 0.05) is 6.20 Å². The first-order chi connectivity index (χ1) is 5.33. The number of allylic oxidation sites excluding steroid dienone is 1. The molecule has 0 aliphatic heterocycles. The van der Waals surface area contributed by atoms with E-state index < -0.39 is 0 Å². The molecule has 11 heavy (non-hydrogen) atoms. The Kier molecular flexibility index (Phi) is 2.38. The Morgan fingerprint density at radius 1 is 1.64 bits per heavy atom. The van der Waals surface area contributed by atoms with Crippen molar-refractivity contribution in [2.24, 2.45) is 5.73 Å². The number of rotatable bonds is 2. The lowest BCUT2D eigenvalue weighted by Crippen LogP contribution is -1.97. The topological polar surface area (TPSA) is 56.0 Å². The van der Waals surface area contributed by atoms with Gasteiger partial charge in [-0.25, -0.2) is 0 Å². The standard InChI is InChI=1S/C8H7N2O/c9-7(6-11)5-8-3-1-2-4-10-8/h1-5H,9H2/b7-5-. The molecule has 1 heterocycles. The van der Waals surface area contributed by atoms with E-state index in [4.69, 9.17) is 5.73 Å². The molecule has 1 aromatic rings. The summed E-state index contributed by atoms with van der Waals surface area (Å²) in [7, 11) is 0. The number of hydrogen-bond donors (Lipinski definition) is 1. The van der Waals surface area contributed by atoms with E-state index in [1.165, 1.54) is 6.08 Å². The molecular weight excluding hydrogens is 140 g/mol. The van der Waals surface area contributed by atoms with Gasteiger partial charge in [0.15, 0.2) is 0 Å². The Morgan fingerprint density at radius 3 is 3.00 bits per heavy atom. The highest BCUT2D eigenvalue weighted by molar-refractivity contribution is 5.80. The fraction of sp³-hybridized carbons (Fsp3) is 0. The third-order valence-electron chi connectivity index (χ3n) is 1.11. The predicted octanol–water partition coefficient (Wildman–Crippen LogP) is 0.491. The van der Waals surface area contributed by atoms with Crippen LogP contribution >= 0.6 is 0 Å². The van der Waals surface area contributed by atoms with Crippen molar-refractivity contribution in [1.82, 2.24) is 4.98 Å². The maximum absolute atomic E-state index is 9.96. The highest BCUT2D eigenvalue weighted by atomic mass is 16.1. The number of carbonyl (C=O) groups excluding carboxylic acids is 1. The number of nitrogens with zero attached hydrogens (tertiary/aromatic N) is 1. The molecule has 0 amide bonds. The minimum atomic E-state index is 0.0590. The Morgan fingerprint density at radius 2 is 2.45 bits per heavy atom. The number of nitrogens with two attached hydrogens (primary N) is 1. The Hall–Kier alpha value is -1.64. The SMILES string of the molecule is N/C([C]=O)=C\c1ccccn1. The van der Waals surface area contributed by atoms with Gasteiger partial charge in [0.05, 0.1) is 11.4 Å². The molecule has 0 atom stereocenters. The molecule has 3 heteroatoms. The second-order valence-electron chi connectivity index (χ2n) is 1.96. The van der Waals surface area contributed by atoms with E-state index in [2.05, 4.69) is 4.98 Å². The molecule has 2 N–H and O–H groups in total. The summed E-state index contributed by atoms with van der Waals surface area (Å²) < 4.78 is 0. The van der Waals surface area contributed by atoms with Crippen LogP contribution in [0.3, 0.4) is 0 Å². The van der Waals surface area contributed by atoms with Crippen molar-refractivity contribution in [3.63, 3.8) is 0 Å². The summed E-state index contributed by atoms with van der Waals surface area (Å²) in [6.07, 6.45) is 4.66. The van der Waals surface area contributed by atoms with Crippen molar-refractivity contribution < 1.29 is 4.79 Å². The average molecular weight is 147 g/mol. The first-order valence-corrected chi connectivity index (χ1v) is 3.09. The quantitative estimate of drug-likeness (QED) is 0.619. The molecule has 1 radical (unpaired) electrons. The van der Waals surface area contributed by atoms with Crippen molar-refractivity contribution in [2.75, 3.05) is 0 Å². The second kappa shape index (κ2) is 3.51. The minimum absolute atomic E-state index is 0.0590. The van der Waals surface area contributed by atoms with Crippen molar-refractivity contribution in [2.45, 2.75) is 0 Å². The molecule has 0 aliphatic carbocycles. The van der Waals surface area contributed by atoms with Gasteiger partial charge in [-0.3, -0.25) is 9.78 Å². The Balaban J connectivity index is 2.87. The number of pyridine rings is 1. The zero-order valence-corrected chi connectivity index (χ0v) is 5.82. The highest BCUT2D eigenvalue weighted by Crippen LogP contribution is 1.96. The van der Waals surface area contributed by atoms with Gasteiger partial charge in [-0.05, 0) is 18.2 Å². The first-order valence-electron chi connectivity index (χ1n) is 3.09. The van der Waals surface area contributed by atoms with Crippen LogP contribution in [0.15, 0.2) is 30.1 Å². The lowest BCUT2D eigenvalue weighted by atomic mass is 10.3. The molecule has 55 valence electrons. The molecule has 0 unspecified atom stereocenters. The van der Waals surface area contributed by atoms with Crippen LogP contribution in [-0.4, -0.2) is 11.3 Å². The summed E-state index contributed by atoms with van der Waals surface area (Å²) in [6, 6.07) is 5.36. The van der Waals surface area contributed by atoms with Gasteiger partial charge < -0.3 is 5.73 Å². The van der Waals surface area contributed by atoms with Crippen molar-refractivity contribution in [1.29, 1.82) is 0 Å². The van der Waals surface area contributed by atoms with Crippen LogP contribution in [0.2, 0.25) is 0 Å². The highest BCUT2D eigenvalue weighted by Gasteiger charge is 1.89. The Labute approximate surface area is 64.6 Å². The fourth-order valence-corrected chi connectivity index (χ4v) is 0.650. The monoisotopic (exact) mass is 147 g/mol. The van der Waals surface area contributed by atoms with Gasteiger partial charge in [0.2, 0.25) is 0 Å². The second-order valence-corrected chi connectivity index (χ2v) is 1.96. The van der Waals surface area contributed by atoms with E-state index in [-0.39, 0.29) is 5.70 Å². The van der Waals surface area contributed by atoms with Crippen LogP contribution in [0.5, 0.6) is 0 Å². The fourth-order valence-electron chi connectivity index (χ4n) is 0.650. The van der Waals surface area contributed by atoms with Crippen LogP contribution in [-0.2, 0) is 4.79 Å². The largest absolute Gasteiger partial charge is 0.395 e. The van der Waals surface area contributed by atoms with E-state index >= 15 is 0 Å². The molecule has 0 aromatic carbocycles. The van der Waals surface area contributed by atoms with Crippen LogP contribution < -0.4 is 5.73 Å². The molecular formula is C8H7N2O. The van der Waals surface area contributed by atoms with Gasteiger partial charge in [0.25, 0.3) is 6.29 Å². The van der Waals surface area contributed by atoms with E-state index in [1.807, 2.05) is 6.07 Å². The summed E-state index contributed by atoms with van der Waals surface area (Å²) in [6.45, 7) is 0. The van der Waals surface area contributed by atoms with Gasteiger partial charge in [-0.2, -0.15) is 0 Å². The zero-order chi connectivity index (χ0) is 8.10. The van der Waals surface area contributed by atoms with Gasteiger partial charge in [0.1, 0.15) is 0 Å². The third kappa shape index (κ3) is 2.21. The molecule has 0 fully saturated rings. The summed E-state index contributed by atoms with van der Waals surface area (Å²) >= 11 is 0. The molecule has 0 saturated carbocycles. The molecule has 1 rings (SSSR count). The van der Waals surface area contributed by atoms with Crippen LogP contribution in [0.4, 0.5) is 0 Å². The Bertz CT molecular complexity index is 267. The minimum Gasteiger partial charge on any atom is -0.395 e. The maximum atomic E-state index is 9.96. The van der Waals surface area contributed by atoms with Crippen LogP contribution in [0.25, 0.3) is 6.08 Å². The smallest absolute Gasteiger partial charge is 0.250 e. The number of aromatic nitrogens is 1. The van der Waals surface area contributed by atoms with Crippen LogP contribution in [0, 0.1) is 0 Å². The van der Waals surface area contributed by atoms with Crippen molar-refractivity contribution in [3.8, 4) is 0 Å². The van der Waals surface area contributed by atoms with Gasteiger partial charge >= 0.3 is 0 Å². The molecule has 0 aliphatic rings. The van der Waals surface area contributed by atoms with Crippen molar-refractivity contribution in [3.05, 3.63) is 35.8 Å². The molecule has 3 nitrogen and oxygen atoms in total. The predicted molar refractivity (Wildman–Crippen MR) is 42.1 cm³/mol. The maximum Gasteiger partial charge on any atom is 0.250 e. The molecule has 0 bridgehead atoms. The van der Waals surface area contributed by atoms with Gasteiger partial charge in [-0.15, -0.1) is 0 Å². The summed E-state index contributed by atoms with van der Waals surface area (Å²) in [5, 5.41) is 0. The normalized spacial score (nSPS) is 11.1. The van der Waals surface area contributed by atoms with E-state index in [1.54, 1.807) is 24.6 Å². The molecule has 0 spiro atoms. The first kappa shape index (κ1) is 7.47. The van der Waals surface area contributed by atoms with E-state index in [0.29, 0.717) is 5.69 Å². The molecule has 0 saturated heterocycles. The van der Waals surface area contributed by atoms with E-state index in [0.717, 1.165) is 0 Å².